The topological polar surface area (TPSA) is 45.2 Å². The summed E-state index contributed by atoms with van der Waals surface area (Å²) in [7, 11) is 0. The number of nitrogens with zero attached hydrogens (tertiary/aromatic N) is 2. The second-order valence-corrected chi connectivity index (χ2v) is 6.32. The lowest BCUT2D eigenvalue weighted by molar-refractivity contribution is -0.137. The van der Waals surface area contributed by atoms with Crippen LogP contribution in [0.25, 0.3) is 0 Å². The van der Waals surface area contributed by atoms with Crippen LogP contribution in [0.3, 0.4) is 0 Å². The molecule has 0 atom stereocenters. The Morgan fingerprint density at radius 2 is 1.65 bits per heavy atom. The highest BCUT2D eigenvalue weighted by molar-refractivity contribution is 6.06. The van der Waals surface area contributed by atoms with Gasteiger partial charge in [-0.3, -0.25) is 9.78 Å². The third-order valence-corrected chi connectivity index (χ3v) is 4.46. The number of rotatable bonds is 3. The fourth-order valence-electron chi connectivity index (χ4n) is 3.10. The highest BCUT2D eigenvalue weighted by Gasteiger charge is 2.31. The molecule has 0 aliphatic carbocycles. The van der Waals surface area contributed by atoms with E-state index in [1.165, 1.54) is 30.6 Å². The standard InChI is InChI=1S/C19H20F3N3O/c20-19(21,22)15-5-6-17(25-11-3-1-2-4-12-25)16(13-15)24-18(26)14-7-9-23-10-8-14/h5-10,13H,1-4,11-12H2,(H,24,26). The molecule has 1 aliphatic heterocycles. The molecule has 0 bridgehead atoms. The highest BCUT2D eigenvalue weighted by atomic mass is 19.4. The van der Waals surface area contributed by atoms with Crippen LogP contribution in [0.4, 0.5) is 24.5 Å². The molecule has 0 saturated carbocycles. The Balaban J connectivity index is 1.94. The average Bonchev–Trinajstić information content (AvgIpc) is 2.91. The van der Waals surface area contributed by atoms with E-state index in [1.54, 1.807) is 0 Å². The van der Waals surface area contributed by atoms with Crippen LogP contribution < -0.4 is 10.2 Å². The van der Waals surface area contributed by atoms with Crippen molar-refractivity contribution in [1.82, 2.24) is 4.98 Å². The number of nitrogens with one attached hydrogen (secondary N) is 1. The predicted octanol–water partition coefficient (Wildman–Crippen LogP) is 4.73. The average molecular weight is 363 g/mol. The minimum Gasteiger partial charge on any atom is -0.370 e. The van der Waals surface area contributed by atoms with Crippen LogP contribution in [-0.2, 0) is 6.18 Å². The van der Waals surface area contributed by atoms with Crippen LogP contribution in [0.1, 0.15) is 41.6 Å². The fourth-order valence-corrected chi connectivity index (χ4v) is 3.10. The molecular formula is C19H20F3N3O. The monoisotopic (exact) mass is 363 g/mol. The maximum Gasteiger partial charge on any atom is 0.416 e. The smallest absolute Gasteiger partial charge is 0.370 e. The molecule has 1 N–H and O–H groups in total. The summed E-state index contributed by atoms with van der Waals surface area (Å²) < 4.78 is 39.4. The zero-order valence-corrected chi connectivity index (χ0v) is 14.2. The van der Waals surface area contributed by atoms with Crippen LogP contribution in [-0.4, -0.2) is 24.0 Å². The molecule has 3 rings (SSSR count). The number of hydrogen-bond acceptors (Lipinski definition) is 3. The van der Waals surface area contributed by atoms with Gasteiger partial charge in [0, 0.05) is 31.0 Å². The lowest BCUT2D eigenvalue weighted by atomic mass is 10.1. The van der Waals surface area contributed by atoms with E-state index >= 15 is 0 Å². The number of anilines is 2. The molecule has 1 amide bonds. The second kappa shape index (κ2) is 7.76. The Kier molecular flexibility index (Phi) is 5.44. The van der Waals surface area contributed by atoms with Crippen molar-refractivity contribution < 1.29 is 18.0 Å². The van der Waals surface area contributed by atoms with Gasteiger partial charge in [-0.05, 0) is 43.2 Å². The molecular weight excluding hydrogens is 343 g/mol. The molecule has 2 heterocycles. The van der Waals surface area contributed by atoms with Crippen molar-refractivity contribution in [2.75, 3.05) is 23.3 Å². The van der Waals surface area contributed by atoms with Crippen molar-refractivity contribution in [3.05, 3.63) is 53.9 Å². The van der Waals surface area contributed by atoms with Gasteiger partial charge in [0.15, 0.2) is 0 Å². The van der Waals surface area contributed by atoms with Crippen LogP contribution in [0, 0.1) is 0 Å². The SMILES string of the molecule is O=C(Nc1cc(C(F)(F)F)ccc1N1CCCCCC1)c1ccncc1. The molecule has 1 aromatic carbocycles. The normalized spacial score (nSPS) is 15.4. The number of aromatic nitrogens is 1. The summed E-state index contributed by atoms with van der Waals surface area (Å²) in [6.07, 6.45) is 2.66. The number of alkyl halides is 3. The first-order valence-electron chi connectivity index (χ1n) is 8.63. The summed E-state index contributed by atoms with van der Waals surface area (Å²) in [5, 5.41) is 2.65. The first kappa shape index (κ1) is 18.2. The number of carbonyl (C=O) groups excluding carboxylic acids is 1. The van der Waals surface area contributed by atoms with Gasteiger partial charge in [0.25, 0.3) is 5.91 Å². The minimum atomic E-state index is -4.46. The van der Waals surface area contributed by atoms with Crippen molar-refractivity contribution in [3.63, 3.8) is 0 Å². The number of carbonyl (C=O) groups is 1. The first-order valence-corrected chi connectivity index (χ1v) is 8.63. The fraction of sp³-hybridized carbons (Fsp3) is 0.368. The maximum absolute atomic E-state index is 13.1. The van der Waals surface area contributed by atoms with Gasteiger partial charge in [-0.2, -0.15) is 13.2 Å². The summed E-state index contributed by atoms with van der Waals surface area (Å²) in [6, 6.07) is 6.58. The van der Waals surface area contributed by atoms with Crippen LogP contribution in [0.2, 0.25) is 0 Å². The molecule has 0 spiro atoms. The van der Waals surface area contributed by atoms with E-state index in [4.69, 9.17) is 0 Å². The van der Waals surface area contributed by atoms with Gasteiger partial charge in [0.1, 0.15) is 0 Å². The molecule has 26 heavy (non-hydrogen) atoms. The molecule has 1 aromatic heterocycles. The van der Waals surface area contributed by atoms with E-state index in [0.717, 1.165) is 50.9 Å². The van der Waals surface area contributed by atoms with E-state index in [0.29, 0.717) is 11.3 Å². The Morgan fingerprint density at radius 1 is 1.00 bits per heavy atom. The second-order valence-electron chi connectivity index (χ2n) is 6.32. The van der Waals surface area contributed by atoms with Crippen molar-refractivity contribution in [2.45, 2.75) is 31.9 Å². The predicted molar refractivity (Wildman–Crippen MR) is 94.3 cm³/mol. The van der Waals surface area contributed by atoms with E-state index in [-0.39, 0.29) is 5.69 Å². The van der Waals surface area contributed by atoms with Gasteiger partial charge < -0.3 is 10.2 Å². The largest absolute Gasteiger partial charge is 0.416 e. The maximum atomic E-state index is 13.1. The Morgan fingerprint density at radius 3 is 2.27 bits per heavy atom. The summed E-state index contributed by atoms with van der Waals surface area (Å²) in [4.78, 5) is 18.3. The molecule has 0 unspecified atom stereocenters. The van der Waals surface area contributed by atoms with Crippen LogP contribution in [0.15, 0.2) is 42.7 Å². The van der Waals surface area contributed by atoms with Gasteiger partial charge in [-0.1, -0.05) is 12.8 Å². The number of benzene rings is 1. The van der Waals surface area contributed by atoms with Gasteiger partial charge in [0.2, 0.25) is 0 Å². The molecule has 7 heteroatoms. The molecule has 0 radical (unpaired) electrons. The third kappa shape index (κ3) is 4.33. The summed E-state index contributed by atoms with van der Waals surface area (Å²) in [5.41, 5.74) is 0.381. The summed E-state index contributed by atoms with van der Waals surface area (Å²) in [6.45, 7) is 1.53. The van der Waals surface area contributed by atoms with Crippen molar-refractivity contribution in [3.8, 4) is 0 Å². The number of hydrogen-bond donors (Lipinski definition) is 1. The van der Waals surface area contributed by atoms with E-state index in [1.807, 2.05) is 0 Å². The van der Waals surface area contributed by atoms with Gasteiger partial charge in [-0.15, -0.1) is 0 Å². The zero-order valence-electron chi connectivity index (χ0n) is 14.2. The zero-order chi connectivity index (χ0) is 18.6. The molecule has 2 aromatic rings. The van der Waals surface area contributed by atoms with E-state index < -0.39 is 17.6 Å². The van der Waals surface area contributed by atoms with Crippen LogP contribution >= 0.6 is 0 Å². The summed E-state index contributed by atoms with van der Waals surface area (Å²) >= 11 is 0. The van der Waals surface area contributed by atoms with Gasteiger partial charge >= 0.3 is 6.18 Å². The lowest BCUT2D eigenvalue weighted by Crippen LogP contribution is -2.26. The van der Waals surface area contributed by atoms with Gasteiger partial charge in [0.05, 0.1) is 16.9 Å². The van der Waals surface area contributed by atoms with Crippen molar-refractivity contribution in [2.24, 2.45) is 0 Å². The highest BCUT2D eigenvalue weighted by Crippen LogP contribution is 2.36. The molecule has 1 aliphatic rings. The quantitative estimate of drug-likeness (QED) is 0.857. The Bertz CT molecular complexity index is 754. The molecule has 138 valence electrons. The molecule has 1 fully saturated rings. The number of pyridine rings is 1. The first-order chi connectivity index (χ1) is 12.4. The van der Waals surface area contributed by atoms with Crippen molar-refractivity contribution >= 4 is 17.3 Å². The number of amides is 1. The Hall–Kier alpha value is -2.57. The minimum absolute atomic E-state index is 0.184. The molecule has 4 nitrogen and oxygen atoms in total. The lowest BCUT2D eigenvalue weighted by Gasteiger charge is -2.26. The Labute approximate surface area is 150 Å². The number of halogens is 3. The van der Waals surface area contributed by atoms with Crippen LogP contribution in [0.5, 0.6) is 0 Å². The summed E-state index contributed by atoms with van der Waals surface area (Å²) in [5.74, 6) is -0.456. The van der Waals surface area contributed by atoms with Crippen molar-refractivity contribution in [1.29, 1.82) is 0 Å². The third-order valence-electron chi connectivity index (χ3n) is 4.46. The van der Waals surface area contributed by atoms with E-state index in [9.17, 15) is 18.0 Å². The van der Waals surface area contributed by atoms with Gasteiger partial charge in [-0.25, -0.2) is 0 Å². The van der Waals surface area contributed by atoms with E-state index in [2.05, 4.69) is 15.2 Å². The molecule has 1 saturated heterocycles.